The lowest BCUT2D eigenvalue weighted by molar-refractivity contribution is -0.890. The number of phenols is 1. The number of aromatic hydroxyl groups is 1. The van der Waals surface area contributed by atoms with Gasteiger partial charge in [-0.05, 0) is 36.4 Å². The number of nitrogens with zero attached hydrogens (tertiary/aromatic N) is 1. The zero-order valence-electron chi connectivity index (χ0n) is 13.9. The molecule has 0 saturated carbocycles. The predicted octanol–water partition coefficient (Wildman–Crippen LogP) is 3.01. The average Bonchev–Trinajstić information content (AvgIpc) is 2.55. The van der Waals surface area contributed by atoms with Crippen molar-refractivity contribution >= 4 is 29.4 Å². The number of methoxy groups -OCH3 is 1. The van der Waals surface area contributed by atoms with Crippen LogP contribution in [0.5, 0.6) is 11.5 Å². The van der Waals surface area contributed by atoms with E-state index < -0.39 is 0 Å². The van der Waals surface area contributed by atoms with Crippen molar-refractivity contribution in [3.8, 4) is 11.5 Å². The Bertz CT molecular complexity index is 716. The Kier molecular flexibility index (Phi) is 6.49. The van der Waals surface area contributed by atoms with Crippen LogP contribution in [-0.4, -0.2) is 39.1 Å². The summed E-state index contributed by atoms with van der Waals surface area (Å²) < 4.78 is 5.19. The van der Waals surface area contributed by atoms with Crippen LogP contribution in [0, 0.1) is 0 Å². The fraction of sp³-hybridized carbons (Fsp3) is 0.278. The van der Waals surface area contributed by atoms with Gasteiger partial charge in [-0.25, -0.2) is 0 Å². The molecule has 0 heterocycles. The lowest BCUT2D eigenvalue weighted by Gasteiger charge is -2.20. The van der Waals surface area contributed by atoms with E-state index in [1.165, 1.54) is 16.5 Å². The van der Waals surface area contributed by atoms with Gasteiger partial charge in [0.25, 0.3) is 0 Å². The van der Waals surface area contributed by atoms with Crippen LogP contribution >= 0.6 is 23.2 Å². The first kappa shape index (κ1) is 18.6. The van der Waals surface area contributed by atoms with E-state index in [1.54, 1.807) is 19.4 Å². The fourth-order valence-corrected chi connectivity index (χ4v) is 2.91. The van der Waals surface area contributed by atoms with Gasteiger partial charge in [0, 0.05) is 22.4 Å². The van der Waals surface area contributed by atoms with E-state index in [1.807, 2.05) is 24.3 Å². The van der Waals surface area contributed by atoms with Crippen molar-refractivity contribution in [1.29, 1.82) is 0 Å². The normalized spacial score (nSPS) is 12.8. The highest BCUT2D eigenvalue weighted by Gasteiger charge is 2.17. The summed E-state index contributed by atoms with van der Waals surface area (Å²) in [5.74, 6) is 0.816. The van der Waals surface area contributed by atoms with Crippen molar-refractivity contribution < 1.29 is 14.7 Å². The smallest absolute Gasteiger partial charge is 0.143 e. The molecule has 0 spiro atoms. The van der Waals surface area contributed by atoms with Crippen molar-refractivity contribution in [2.45, 2.75) is 6.04 Å². The molecule has 0 bridgehead atoms. The molecule has 128 valence electrons. The van der Waals surface area contributed by atoms with Crippen molar-refractivity contribution in [3.05, 3.63) is 57.6 Å². The number of aliphatic imine (C=N–C) groups is 1. The first-order valence-corrected chi connectivity index (χ1v) is 8.29. The minimum absolute atomic E-state index is 0.0111. The summed E-state index contributed by atoms with van der Waals surface area (Å²) >= 11 is 11.9. The summed E-state index contributed by atoms with van der Waals surface area (Å²) in [5.41, 5.74) is 1.68. The number of benzene rings is 2. The summed E-state index contributed by atoms with van der Waals surface area (Å²) in [6, 6.07) is 11.3. The number of halogens is 2. The predicted molar refractivity (Wildman–Crippen MR) is 99.1 cm³/mol. The van der Waals surface area contributed by atoms with Crippen LogP contribution in [0.15, 0.2) is 41.4 Å². The fourth-order valence-electron chi connectivity index (χ4n) is 2.40. The Labute approximate surface area is 152 Å². The van der Waals surface area contributed by atoms with Gasteiger partial charge < -0.3 is 14.7 Å². The summed E-state index contributed by atoms with van der Waals surface area (Å²) in [7, 11) is 5.81. The van der Waals surface area contributed by atoms with Gasteiger partial charge in [0.15, 0.2) is 0 Å². The molecule has 6 heteroatoms. The Hall–Kier alpha value is -1.75. The van der Waals surface area contributed by atoms with Gasteiger partial charge in [-0.2, -0.15) is 0 Å². The highest BCUT2D eigenvalue weighted by atomic mass is 35.5. The molecular formula is C18H21Cl2N2O2+. The summed E-state index contributed by atoms with van der Waals surface area (Å²) in [6.45, 7) is 0.568. The number of phenolic OH excluding ortho intramolecular Hbond substituents is 1. The first-order valence-electron chi connectivity index (χ1n) is 7.54. The van der Waals surface area contributed by atoms with Gasteiger partial charge in [-0.1, -0.05) is 23.2 Å². The molecule has 0 aliphatic heterocycles. The third-order valence-corrected chi connectivity index (χ3v) is 4.30. The molecule has 0 aromatic heterocycles. The van der Waals surface area contributed by atoms with Gasteiger partial charge in [-0.3, -0.25) is 4.99 Å². The summed E-state index contributed by atoms with van der Waals surface area (Å²) in [6.07, 6.45) is 1.60. The molecule has 0 aliphatic carbocycles. The van der Waals surface area contributed by atoms with Gasteiger partial charge in [0.2, 0.25) is 0 Å². The Morgan fingerprint density at radius 2 is 1.88 bits per heavy atom. The molecule has 0 unspecified atom stereocenters. The lowest BCUT2D eigenvalue weighted by atomic mass is 10.1. The van der Waals surface area contributed by atoms with E-state index >= 15 is 0 Å². The van der Waals surface area contributed by atoms with Crippen LogP contribution in [0.4, 0.5) is 0 Å². The zero-order valence-corrected chi connectivity index (χ0v) is 15.4. The average molecular weight is 368 g/mol. The quantitative estimate of drug-likeness (QED) is 0.770. The Balaban J connectivity index is 2.17. The van der Waals surface area contributed by atoms with E-state index in [0.29, 0.717) is 17.1 Å². The third-order valence-electron chi connectivity index (χ3n) is 3.79. The second-order valence-corrected chi connectivity index (χ2v) is 6.57. The third kappa shape index (κ3) is 4.63. The molecule has 2 N–H and O–H groups in total. The minimum Gasteiger partial charge on any atom is -0.506 e. The summed E-state index contributed by atoms with van der Waals surface area (Å²) in [4.78, 5) is 5.73. The number of rotatable bonds is 6. The molecule has 0 radical (unpaired) electrons. The number of likely N-dealkylation sites (N-methyl/N-ethyl adjacent to an activating group) is 1. The maximum Gasteiger partial charge on any atom is 0.143 e. The van der Waals surface area contributed by atoms with E-state index in [4.69, 9.17) is 27.9 Å². The molecule has 4 nitrogen and oxygen atoms in total. The summed E-state index contributed by atoms with van der Waals surface area (Å²) in [5, 5.41) is 10.6. The highest BCUT2D eigenvalue weighted by molar-refractivity contribution is 6.36. The SMILES string of the molecule is COc1ccc([C@H](CN=Cc2cc(Cl)cc(Cl)c2O)[NH+](C)C)cc1. The lowest BCUT2D eigenvalue weighted by Crippen LogP contribution is -3.06. The highest BCUT2D eigenvalue weighted by Crippen LogP contribution is 2.30. The topological polar surface area (TPSA) is 46.3 Å². The number of quaternary nitrogens is 1. The number of hydrogen-bond acceptors (Lipinski definition) is 3. The van der Waals surface area contributed by atoms with E-state index in [9.17, 15) is 5.11 Å². The zero-order chi connectivity index (χ0) is 17.7. The van der Waals surface area contributed by atoms with E-state index in [-0.39, 0.29) is 16.8 Å². The van der Waals surface area contributed by atoms with E-state index in [2.05, 4.69) is 19.1 Å². The van der Waals surface area contributed by atoms with Crippen LogP contribution in [-0.2, 0) is 0 Å². The first-order chi connectivity index (χ1) is 11.4. The molecule has 0 fully saturated rings. The van der Waals surface area contributed by atoms with Crippen LogP contribution in [0.2, 0.25) is 10.0 Å². The van der Waals surface area contributed by atoms with Crippen LogP contribution in [0.25, 0.3) is 0 Å². The molecule has 0 saturated heterocycles. The largest absolute Gasteiger partial charge is 0.506 e. The van der Waals surface area contributed by atoms with E-state index in [0.717, 1.165) is 5.75 Å². The molecule has 2 aromatic carbocycles. The van der Waals surface area contributed by atoms with Gasteiger partial charge in [0.05, 0.1) is 32.8 Å². The number of nitrogens with one attached hydrogen (secondary N) is 1. The Morgan fingerprint density at radius 3 is 2.46 bits per heavy atom. The maximum atomic E-state index is 9.97. The van der Waals surface area contributed by atoms with Crippen LogP contribution in [0.1, 0.15) is 17.2 Å². The molecule has 2 aromatic rings. The number of ether oxygens (including phenoxy) is 1. The van der Waals surface area contributed by atoms with Crippen LogP contribution in [0.3, 0.4) is 0 Å². The Morgan fingerprint density at radius 1 is 1.21 bits per heavy atom. The van der Waals surface area contributed by atoms with Gasteiger partial charge >= 0.3 is 0 Å². The molecule has 1 atom stereocenters. The number of hydrogen-bond donors (Lipinski definition) is 2. The van der Waals surface area contributed by atoms with Crippen molar-refractivity contribution in [2.24, 2.45) is 4.99 Å². The maximum absolute atomic E-state index is 9.97. The van der Waals surface area contributed by atoms with Crippen molar-refractivity contribution in [2.75, 3.05) is 27.7 Å². The standard InChI is InChI=1S/C18H20Cl2N2O2/c1-22(2)17(12-4-6-15(24-3)7-5-12)11-21-10-13-8-14(19)9-16(20)18(13)23/h4-10,17,23H,11H2,1-3H3/p+1/t17-/m0/s1. The molecule has 2 rings (SSSR count). The van der Waals surface area contributed by atoms with Crippen LogP contribution < -0.4 is 9.64 Å². The van der Waals surface area contributed by atoms with Gasteiger partial charge in [0.1, 0.15) is 17.5 Å². The molecule has 0 aliphatic rings. The second-order valence-electron chi connectivity index (χ2n) is 5.72. The van der Waals surface area contributed by atoms with Crippen molar-refractivity contribution in [1.82, 2.24) is 0 Å². The molecule has 24 heavy (non-hydrogen) atoms. The second kappa shape index (κ2) is 8.38. The van der Waals surface area contributed by atoms with Crippen molar-refractivity contribution in [3.63, 3.8) is 0 Å². The minimum atomic E-state index is -0.0111. The molecule has 0 amide bonds. The molecular weight excluding hydrogens is 347 g/mol. The monoisotopic (exact) mass is 367 g/mol. The van der Waals surface area contributed by atoms with Gasteiger partial charge in [-0.15, -0.1) is 0 Å².